The minimum Gasteiger partial charge on any atom is -0.386 e. The zero-order chi connectivity index (χ0) is 12.8. The lowest BCUT2D eigenvalue weighted by molar-refractivity contribution is 0.323. The Morgan fingerprint density at radius 3 is 2.18 bits per heavy atom. The van der Waals surface area contributed by atoms with Crippen LogP contribution in [0.4, 0.5) is 0 Å². The summed E-state index contributed by atoms with van der Waals surface area (Å²) < 4.78 is 0. The second-order valence-electron chi connectivity index (χ2n) is 6.48. The fraction of sp³-hybridized carbons (Fsp3) is 0.875. The van der Waals surface area contributed by atoms with Crippen molar-refractivity contribution in [2.75, 3.05) is 0 Å². The minimum absolute atomic E-state index is 0.601. The molecule has 1 aliphatic carbocycles. The van der Waals surface area contributed by atoms with Crippen LogP contribution in [-0.4, -0.2) is 6.04 Å². The van der Waals surface area contributed by atoms with Crippen LogP contribution in [-0.2, 0) is 0 Å². The van der Waals surface area contributed by atoms with Crippen LogP contribution in [0.2, 0.25) is 0 Å². The first-order chi connectivity index (χ1) is 8.00. The second kappa shape index (κ2) is 7.08. The smallest absolute Gasteiger partial charge is 0.0283 e. The molecule has 1 heteroatoms. The molecule has 0 aromatic heterocycles. The number of allylic oxidation sites excluding steroid dienone is 1. The Labute approximate surface area is 108 Å². The standard InChI is InChI=1S/C16H31N/c1-12(2)11-16(13(3)4)17-14(5)15-9-7-6-8-10-15/h12-13,15-17H,5-11H2,1-4H3. The molecule has 1 fully saturated rings. The summed E-state index contributed by atoms with van der Waals surface area (Å²) in [6.07, 6.45) is 8.15. The molecule has 0 saturated heterocycles. The minimum atomic E-state index is 0.601. The van der Waals surface area contributed by atoms with Gasteiger partial charge < -0.3 is 5.32 Å². The maximum atomic E-state index is 4.30. The average molecular weight is 237 g/mol. The molecule has 0 bridgehead atoms. The van der Waals surface area contributed by atoms with E-state index in [1.165, 1.54) is 44.2 Å². The van der Waals surface area contributed by atoms with Gasteiger partial charge in [0.1, 0.15) is 0 Å². The predicted octanol–water partition coefficient (Wildman–Crippen LogP) is 4.74. The molecule has 1 nitrogen and oxygen atoms in total. The van der Waals surface area contributed by atoms with Crippen molar-refractivity contribution in [1.29, 1.82) is 0 Å². The summed E-state index contributed by atoms with van der Waals surface area (Å²) in [7, 11) is 0. The van der Waals surface area contributed by atoms with Crippen molar-refractivity contribution in [3.05, 3.63) is 12.3 Å². The van der Waals surface area contributed by atoms with Crippen molar-refractivity contribution in [1.82, 2.24) is 5.32 Å². The first-order valence-electron chi connectivity index (χ1n) is 7.46. The van der Waals surface area contributed by atoms with Crippen LogP contribution in [0.25, 0.3) is 0 Å². The van der Waals surface area contributed by atoms with Crippen molar-refractivity contribution in [2.24, 2.45) is 17.8 Å². The van der Waals surface area contributed by atoms with Crippen LogP contribution in [0, 0.1) is 17.8 Å². The molecule has 0 aromatic carbocycles. The van der Waals surface area contributed by atoms with Crippen molar-refractivity contribution < 1.29 is 0 Å². The number of rotatable bonds is 6. The molecule has 0 spiro atoms. The molecule has 1 atom stereocenters. The van der Waals surface area contributed by atoms with E-state index in [0.717, 1.165) is 11.8 Å². The van der Waals surface area contributed by atoms with Gasteiger partial charge in [0, 0.05) is 11.7 Å². The quantitative estimate of drug-likeness (QED) is 0.703. The van der Waals surface area contributed by atoms with Gasteiger partial charge in [-0.1, -0.05) is 53.5 Å². The van der Waals surface area contributed by atoms with Gasteiger partial charge in [-0.2, -0.15) is 0 Å². The summed E-state index contributed by atoms with van der Waals surface area (Å²) in [5, 5.41) is 3.72. The van der Waals surface area contributed by atoms with Gasteiger partial charge in [0.25, 0.3) is 0 Å². The Balaban J connectivity index is 2.44. The molecular formula is C16H31N. The van der Waals surface area contributed by atoms with Gasteiger partial charge >= 0.3 is 0 Å². The second-order valence-corrected chi connectivity index (χ2v) is 6.48. The molecule has 1 N–H and O–H groups in total. The van der Waals surface area contributed by atoms with E-state index in [0.29, 0.717) is 12.0 Å². The van der Waals surface area contributed by atoms with E-state index in [1.807, 2.05) is 0 Å². The maximum absolute atomic E-state index is 4.30. The van der Waals surface area contributed by atoms with E-state index in [-0.39, 0.29) is 0 Å². The van der Waals surface area contributed by atoms with Gasteiger partial charge in [-0.15, -0.1) is 0 Å². The largest absolute Gasteiger partial charge is 0.386 e. The van der Waals surface area contributed by atoms with Crippen molar-refractivity contribution >= 4 is 0 Å². The molecule has 1 aliphatic rings. The Bertz CT molecular complexity index is 224. The van der Waals surface area contributed by atoms with E-state index in [9.17, 15) is 0 Å². The van der Waals surface area contributed by atoms with E-state index in [2.05, 4.69) is 39.6 Å². The Morgan fingerprint density at radius 1 is 1.12 bits per heavy atom. The summed E-state index contributed by atoms with van der Waals surface area (Å²) in [5.41, 5.74) is 1.31. The van der Waals surface area contributed by atoms with Crippen LogP contribution in [0.1, 0.15) is 66.2 Å². The highest BCUT2D eigenvalue weighted by molar-refractivity contribution is 5.01. The van der Waals surface area contributed by atoms with E-state index >= 15 is 0 Å². The molecule has 0 amide bonds. The van der Waals surface area contributed by atoms with Crippen LogP contribution in [0.3, 0.4) is 0 Å². The highest BCUT2D eigenvalue weighted by Crippen LogP contribution is 2.28. The van der Waals surface area contributed by atoms with E-state index in [1.54, 1.807) is 0 Å². The van der Waals surface area contributed by atoms with Crippen molar-refractivity contribution in [3.8, 4) is 0 Å². The highest BCUT2D eigenvalue weighted by Gasteiger charge is 2.21. The van der Waals surface area contributed by atoms with Crippen molar-refractivity contribution in [2.45, 2.75) is 72.3 Å². The van der Waals surface area contributed by atoms with Gasteiger partial charge in [0.15, 0.2) is 0 Å². The van der Waals surface area contributed by atoms with Crippen molar-refractivity contribution in [3.63, 3.8) is 0 Å². The summed E-state index contributed by atoms with van der Waals surface area (Å²) in [4.78, 5) is 0. The fourth-order valence-electron chi connectivity index (χ4n) is 2.81. The number of hydrogen-bond acceptors (Lipinski definition) is 1. The third kappa shape index (κ3) is 5.14. The highest BCUT2D eigenvalue weighted by atomic mass is 14.9. The zero-order valence-corrected chi connectivity index (χ0v) is 12.3. The summed E-state index contributed by atoms with van der Waals surface area (Å²) in [5.74, 6) is 2.18. The fourth-order valence-corrected chi connectivity index (χ4v) is 2.81. The Morgan fingerprint density at radius 2 is 1.71 bits per heavy atom. The first kappa shape index (κ1) is 14.6. The molecular weight excluding hydrogens is 206 g/mol. The normalized spacial score (nSPS) is 19.6. The van der Waals surface area contributed by atoms with Crippen LogP contribution in [0.5, 0.6) is 0 Å². The summed E-state index contributed by atoms with van der Waals surface area (Å²) in [6.45, 7) is 13.5. The maximum Gasteiger partial charge on any atom is 0.0283 e. The van der Waals surface area contributed by atoms with E-state index < -0.39 is 0 Å². The average Bonchev–Trinajstić information content (AvgIpc) is 2.28. The Hall–Kier alpha value is -0.460. The molecule has 0 heterocycles. The third-order valence-corrected chi connectivity index (χ3v) is 4.00. The van der Waals surface area contributed by atoms with Gasteiger partial charge in [-0.05, 0) is 37.0 Å². The number of hydrogen-bond donors (Lipinski definition) is 1. The lowest BCUT2D eigenvalue weighted by atomic mass is 9.86. The van der Waals surface area contributed by atoms with Crippen LogP contribution < -0.4 is 5.32 Å². The Kier molecular flexibility index (Phi) is 6.08. The molecule has 0 aromatic rings. The lowest BCUT2D eigenvalue weighted by Crippen LogP contribution is -2.36. The van der Waals surface area contributed by atoms with Gasteiger partial charge in [0.2, 0.25) is 0 Å². The zero-order valence-electron chi connectivity index (χ0n) is 12.3. The van der Waals surface area contributed by atoms with Crippen LogP contribution >= 0.6 is 0 Å². The monoisotopic (exact) mass is 237 g/mol. The molecule has 100 valence electrons. The number of nitrogens with one attached hydrogen (secondary N) is 1. The molecule has 1 saturated carbocycles. The predicted molar refractivity (Wildman–Crippen MR) is 76.9 cm³/mol. The van der Waals surface area contributed by atoms with Gasteiger partial charge in [-0.25, -0.2) is 0 Å². The summed E-state index contributed by atoms with van der Waals surface area (Å²) in [6, 6.07) is 0.601. The molecule has 17 heavy (non-hydrogen) atoms. The molecule has 1 unspecified atom stereocenters. The molecule has 0 radical (unpaired) electrons. The van der Waals surface area contributed by atoms with E-state index in [4.69, 9.17) is 0 Å². The summed E-state index contributed by atoms with van der Waals surface area (Å²) >= 11 is 0. The third-order valence-electron chi connectivity index (χ3n) is 4.00. The molecule has 1 rings (SSSR count). The van der Waals surface area contributed by atoms with Crippen LogP contribution in [0.15, 0.2) is 12.3 Å². The topological polar surface area (TPSA) is 12.0 Å². The molecule has 0 aliphatic heterocycles. The van der Waals surface area contributed by atoms with Gasteiger partial charge in [-0.3, -0.25) is 0 Å². The first-order valence-corrected chi connectivity index (χ1v) is 7.46. The SMILES string of the molecule is C=C(NC(CC(C)C)C(C)C)C1CCCCC1. The lowest BCUT2D eigenvalue weighted by Gasteiger charge is -2.31. The van der Waals surface area contributed by atoms with Gasteiger partial charge in [0.05, 0.1) is 0 Å².